The molecule has 0 N–H and O–H groups in total. The van der Waals surface area contributed by atoms with Crippen LogP contribution < -0.4 is 0 Å². The van der Waals surface area contributed by atoms with Crippen LogP contribution in [0.15, 0.2) is 24.3 Å². The molecule has 84 valence electrons. The summed E-state index contributed by atoms with van der Waals surface area (Å²) in [6, 6.07) is 7.83. The molecule has 1 fully saturated rings. The average Bonchev–Trinajstić information content (AvgIpc) is 2.29. The van der Waals surface area contributed by atoms with Crippen LogP contribution in [-0.2, 0) is 20.7 Å². The van der Waals surface area contributed by atoms with Crippen LogP contribution in [0.25, 0.3) is 0 Å². The second-order valence-corrected chi connectivity index (χ2v) is 3.94. The Morgan fingerprint density at radius 2 is 2.06 bits per heavy atom. The van der Waals surface area contributed by atoms with Gasteiger partial charge in [0.2, 0.25) is 0 Å². The first-order chi connectivity index (χ1) is 7.72. The predicted molar refractivity (Wildman–Crippen MR) is 58.9 cm³/mol. The number of benzene rings is 1. The molecule has 0 radical (unpaired) electrons. The smallest absolute Gasteiger partial charge is 0.321 e. The van der Waals surface area contributed by atoms with Gasteiger partial charge in [0.05, 0.1) is 5.92 Å². The third-order valence-corrected chi connectivity index (χ3v) is 2.95. The standard InChI is InChI=1S/C13H14O3/c1-2-9-5-3-4-6-10(9)11-7-8-12(14)16-13(11)15/h3-6,11H,2,7-8H2,1H3. The highest BCUT2D eigenvalue weighted by Gasteiger charge is 2.31. The minimum atomic E-state index is -0.407. The molecule has 2 rings (SSSR count). The van der Waals surface area contributed by atoms with Gasteiger partial charge in [-0.2, -0.15) is 0 Å². The maximum absolute atomic E-state index is 11.6. The first-order valence-electron chi connectivity index (χ1n) is 5.54. The normalized spacial score (nSPS) is 20.7. The minimum absolute atomic E-state index is 0.270. The van der Waals surface area contributed by atoms with Gasteiger partial charge in [0.25, 0.3) is 0 Å². The molecule has 16 heavy (non-hydrogen) atoms. The molecule has 0 aliphatic carbocycles. The van der Waals surface area contributed by atoms with Gasteiger partial charge in [-0.1, -0.05) is 31.2 Å². The lowest BCUT2D eigenvalue weighted by molar-refractivity contribution is -0.164. The van der Waals surface area contributed by atoms with Crippen LogP contribution >= 0.6 is 0 Å². The maximum Gasteiger partial charge on any atom is 0.321 e. The lowest BCUT2D eigenvalue weighted by Crippen LogP contribution is -2.26. The zero-order valence-corrected chi connectivity index (χ0v) is 9.23. The van der Waals surface area contributed by atoms with E-state index < -0.39 is 11.9 Å². The fourth-order valence-corrected chi connectivity index (χ4v) is 2.09. The van der Waals surface area contributed by atoms with Crippen molar-refractivity contribution >= 4 is 11.9 Å². The molecular weight excluding hydrogens is 204 g/mol. The number of hydrogen-bond acceptors (Lipinski definition) is 3. The molecule has 0 bridgehead atoms. The molecule has 0 aromatic heterocycles. The molecular formula is C13H14O3. The highest BCUT2D eigenvalue weighted by atomic mass is 16.6. The number of ether oxygens (including phenoxy) is 1. The number of carbonyl (C=O) groups is 2. The summed E-state index contributed by atoms with van der Waals surface area (Å²) in [4.78, 5) is 22.6. The fraction of sp³-hybridized carbons (Fsp3) is 0.385. The Morgan fingerprint density at radius 1 is 1.31 bits per heavy atom. The quantitative estimate of drug-likeness (QED) is 0.564. The molecule has 1 heterocycles. The van der Waals surface area contributed by atoms with E-state index >= 15 is 0 Å². The summed E-state index contributed by atoms with van der Waals surface area (Å²) in [5, 5.41) is 0. The van der Waals surface area contributed by atoms with Crippen LogP contribution in [-0.4, -0.2) is 11.9 Å². The van der Waals surface area contributed by atoms with Crippen molar-refractivity contribution < 1.29 is 14.3 Å². The van der Waals surface area contributed by atoms with Crippen molar-refractivity contribution in [3.63, 3.8) is 0 Å². The van der Waals surface area contributed by atoms with E-state index in [0.29, 0.717) is 12.8 Å². The van der Waals surface area contributed by atoms with Crippen molar-refractivity contribution in [2.75, 3.05) is 0 Å². The Kier molecular flexibility index (Phi) is 3.04. The highest BCUT2D eigenvalue weighted by molar-refractivity contribution is 5.92. The van der Waals surface area contributed by atoms with Crippen LogP contribution in [0.5, 0.6) is 0 Å². The van der Waals surface area contributed by atoms with E-state index in [0.717, 1.165) is 17.5 Å². The van der Waals surface area contributed by atoms with Crippen LogP contribution in [0.2, 0.25) is 0 Å². The third kappa shape index (κ3) is 1.98. The number of rotatable bonds is 2. The Morgan fingerprint density at radius 3 is 2.75 bits per heavy atom. The molecule has 0 spiro atoms. The van der Waals surface area contributed by atoms with Crippen LogP contribution in [0, 0.1) is 0 Å². The Hall–Kier alpha value is -1.64. The third-order valence-electron chi connectivity index (χ3n) is 2.95. The highest BCUT2D eigenvalue weighted by Crippen LogP contribution is 2.29. The van der Waals surface area contributed by atoms with Gasteiger partial charge in [-0.3, -0.25) is 9.59 Å². The zero-order valence-electron chi connectivity index (χ0n) is 9.23. The summed E-state index contributed by atoms with van der Waals surface area (Å²) in [7, 11) is 0. The molecule has 1 atom stereocenters. The molecule has 1 unspecified atom stereocenters. The van der Waals surface area contributed by atoms with Crippen molar-refractivity contribution in [3.8, 4) is 0 Å². The topological polar surface area (TPSA) is 43.4 Å². The predicted octanol–water partition coefficient (Wildman–Crippen LogP) is 2.20. The number of aryl methyl sites for hydroxylation is 1. The summed E-state index contributed by atoms with van der Waals surface area (Å²) in [5.74, 6) is -1.08. The molecule has 1 saturated heterocycles. The summed E-state index contributed by atoms with van der Waals surface area (Å²) in [6.07, 6.45) is 1.77. The zero-order chi connectivity index (χ0) is 11.5. The lowest BCUT2D eigenvalue weighted by Gasteiger charge is -2.21. The summed E-state index contributed by atoms with van der Waals surface area (Å²) in [5.41, 5.74) is 2.15. The monoisotopic (exact) mass is 218 g/mol. The average molecular weight is 218 g/mol. The van der Waals surface area contributed by atoms with Crippen LogP contribution in [0.3, 0.4) is 0 Å². The van der Waals surface area contributed by atoms with Gasteiger partial charge in [-0.25, -0.2) is 0 Å². The minimum Gasteiger partial charge on any atom is -0.393 e. The molecule has 3 nitrogen and oxygen atoms in total. The van der Waals surface area contributed by atoms with E-state index in [-0.39, 0.29) is 5.92 Å². The van der Waals surface area contributed by atoms with E-state index in [1.54, 1.807) is 0 Å². The molecule has 0 saturated carbocycles. The van der Waals surface area contributed by atoms with E-state index in [1.165, 1.54) is 0 Å². The first kappa shape index (κ1) is 10.9. The van der Waals surface area contributed by atoms with Crippen molar-refractivity contribution in [3.05, 3.63) is 35.4 Å². The largest absolute Gasteiger partial charge is 0.393 e. The van der Waals surface area contributed by atoms with Crippen molar-refractivity contribution in [1.82, 2.24) is 0 Å². The van der Waals surface area contributed by atoms with E-state index in [9.17, 15) is 9.59 Å². The van der Waals surface area contributed by atoms with Crippen molar-refractivity contribution in [1.29, 1.82) is 0 Å². The van der Waals surface area contributed by atoms with Crippen molar-refractivity contribution in [2.45, 2.75) is 32.1 Å². The molecule has 0 amide bonds. The molecule has 1 aromatic carbocycles. The molecule has 3 heteroatoms. The van der Waals surface area contributed by atoms with E-state index in [2.05, 4.69) is 11.7 Å². The van der Waals surface area contributed by atoms with Gasteiger partial charge < -0.3 is 4.74 Å². The Bertz CT molecular complexity index is 423. The molecule has 1 aromatic rings. The second kappa shape index (κ2) is 4.47. The number of hydrogen-bond donors (Lipinski definition) is 0. The molecule has 1 aliphatic rings. The Balaban J connectivity index is 2.30. The van der Waals surface area contributed by atoms with Crippen LogP contribution in [0.4, 0.5) is 0 Å². The van der Waals surface area contributed by atoms with Gasteiger partial charge >= 0.3 is 11.9 Å². The number of carbonyl (C=O) groups excluding carboxylic acids is 2. The van der Waals surface area contributed by atoms with Gasteiger partial charge in [-0.05, 0) is 24.0 Å². The lowest BCUT2D eigenvalue weighted by atomic mass is 9.88. The molecule has 1 aliphatic heterocycles. The van der Waals surface area contributed by atoms with Gasteiger partial charge in [0.15, 0.2) is 0 Å². The van der Waals surface area contributed by atoms with E-state index in [1.807, 2.05) is 24.3 Å². The summed E-state index contributed by atoms with van der Waals surface area (Å²) >= 11 is 0. The van der Waals surface area contributed by atoms with E-state index in [4.69, 9.17) is 0 Å². The van der Waals surface area contributed by atoms with Gasteiger partial charge in [0.1, 0.15) is 0 Å². The van der Waals surface area contributed by atoms with Crippen molar-refractivity contribution in [2.24, 2.45) is 0 Å². The SMILES string of the molecule is CCc1ccccc1C1CCC(=O)OC1=O. The summed E-state index contributed by atoms with van der Waals surface area (Å²) < 4.78 is 4.67. The second-order valence-electron chi connectivity index (χ2n) is 3.94. The number of esters is 2. The van der Waals surface area contributed by atoms with Gasteiger partial charge in [0, 0.05) is 6.42 Å². The Labute approximate surface area is 94.4 Å². The maximum atomic E-state index is 11.6. The fourth-order valence-electron chi connectivity index (χ4n) is 2.09. The van der Waals surface area contributed by atoms with Gasteiger partial charge in [-0.15, -0.1) is 0 Å². The number of cyclic esters (lactones) is 2. The van der Waals surface area contributed by atoms with Crippen LogP contribution in [0.1, 0.15) is 36.8 Å². The first-order valence-corrected chi connectivity index (χ1v) is 5.54. The summed E-state index contributed by atoms with van der Waals surface area (Å²) in [6.45, 7) is 2.05.